The van der Waals surface area contributed by atoms with Crippen LogP contribution in [0, 0.1) is 0 Å². The number of hydrogen-bond donors (Lipinski definition) is 2. The molecule has 30 heavy (non-hydrogen) atoms. The van der Waals surface area contributed by atoms with Gasteiger partial charge in [-0.25, -0.2) is 4.79 Å². The van der Waals surface area contributed by atoms with E-state index < -0.39 is 5.60 Å². The van der Waals surface area contributed by atoms with Gasteiger partial charge >= 0.3 is 6.09 Å². The molecular weight excluding hydrogens is 382 g/mol. The molecule has 1 unspecified atom stereocenters. The fraction of sp³-hybridized carbons (Fsp3) is 0.636. The second-order valence-corrected chi connectivity index (χ2v) is 8.78. The lowest BCUT2D eigenvalue weighted by molar-refractivity contribution is 0.0507. The standard InChI is InChI=1S/C22H37N5O3/c1-22(2,3)30-21(28)25-18-10-11-27(16-18)20(23-4)24-15-17-8-7-9-19(14-17)29-13-12-26(5)6/h7-9,14,18H,10-13,15-16H2,1-6H3,(H,23,24)(H,25,28). The summed E-state index contributed by atoms with van der Waals surface area (Å²) in [6.07, 6.45) is 0.484. The molecule has 0 spiro atoms. The molecule has 1 aromatic rings. The Labute approximate surface area is 180 Å². The molecule has 0 aromatic heterocycles. The van der Waals surface area contributed by atoms with E-state index in [9.17, 15) is 4.79 Å². The summed E-state index contributed by atoms with van der Waals surface area (Å²) < 4.78 is 11.2. The summed E-state index contributed by atoms with van der Waals surface area (Å²) in [6.45, 7) is 9.30. The van der Waals surface area contributed by atoms with Gasteiger partial charge in [-0.15, -0.1) is 0 Å². The van der Waals surface area contributed by atoms with Gasteiger partial charge in [0.1, 0.15) is 18.0 Å². The van der Waals surface area contributed by atoms with Crippen LogP contribution >= 0.6 is 0 Å². The lowest BCUT2D eigenvalue weighted by Crippen LogP contribution is -2.44. The van der Waals surface area contributed by atoms with Crippen molar-refractivity contribution in [1.82, 2.24) is 20.4 Å². The molecule has 1 aliphatic heterocycles. The fourth-order valence-electron chi connectivity index (χ4n) is 3.15. The Morgan fingerprint density at radius 3 is 2.77 bits per heavy atom. The Morgan fingerprint density at radius 1 is 1.33 bits per heavy atom. The van der Waals surface area contributed by atoms with Crippen molar-refractivity contribution >= 4 is 12.1 Å². The second-order valence-electron chi connectivity index (χ2n) is 8.78. The van der Waals surface area contributed by atoms with Gasteiger partial charge in [-0.1, -0.05) is 12.1 Å². The Hall–Kier alpha value is -2.48. The predicted octanol–water partition coefficient (Wildman–Crippen LogP) is 2.30. The van der Waals surface area contributed by atoms with Gasteiger partial charge < -0.3 is 29.9 Å². The molecule has 1 saturated heterocycles. The molecule has 1 amide bonds. The summed E-state index contributed by atoms with van der Waals surface area (Å²) >= 11 is 0. The summed E-state index contributed by atoms with van der Waals surface area (Å²) in [5.74, 6) is 1.69. The Kier molecular flexibility index (Phi) is 8.77. The van der Waals surface area contributed by atoms with Gasteiger partial charge in [-0.05, 0) is 59.0 Å². The average molecular weight is 420 g/mol. The molecule has 1 atom stereocenters. The van der Waals surface area contributed by atoms with Crippen molar-refractivity contribution in [1.29, 1.82) is 0 Å². The minimum Gasteiger partial charge on any atom is -0.492 e. The second kappa shape index (κ2) is 11.1. The van der Waals surface area contributed by atoms with Crippen LogP contribution in [0.5, 0.6) is 5.75 Å². The van der Waals surface area contributed by atoms with E-state index in [0.717, 1.165) is 36.8 Å². The van der Waals surface area contributed by atoms with Gasteiger partial charge in [0, 0.05) is 33.2 Å². The minimum absolute atomic E-state index is 0.0480. The van der Waals surface area contributed by atoms with Crippen molar-refractivity contribution in [3.8, 4) is 5.75 Å². The molecule has 1 aliphatic rings. The zero-order chi connectivity index (χ0) is 22.1. The van der Waals surface area contributed by atoms with Gasteiger partial charge in [0.05, 0.1) is 6.04 Å². The predicted molar refractivity (Wildman–Crippen MR) is 120 cm³/mol. The molecule has 1 aromatic carbocycles. The highest BCUT2D eigenvalue weighted by Gasteiger charge is 2.27. The van der Waals surface area contributed by atoms with Crippen molar-refractivity contribution in [2.45, 2.75) is 45.4 Å². The largest absolute Gasteiger partial charge is 0.492 e. The van der Waals surface area contributed by atoms with E-state index in [1.165, 1.54) is 0 Å². The molecule has 8 nitrogen and oxygen atoms in total. The van der Waals surface area contributed by atoms with Crippen LogP contribution in [0.2, 0.25) is 0 Å². The van der Waals surface area contributed by atoms with Crippen molar-refractivity contribution in [3.05, 3.63) is 29.8 Å². The van der Waals surface area contributed by atoms with E-state index in [1.54, 1.807) is 7.05 Å². The maximum atomic E-state index is 12.0. The van der Waals surface area contributed by atoms with Crippen molar-refractivity contribution in [2.24, 2.45) is 4.99 Å². The maximum absolute atomic E-state index is 12.0. The van der Waals surface area contributed by atoms with Crippen LogP contribution in [0.1, 0.15) is 32.8 Å². The number of guanidine groups is 1. The number of amides is 1. The van der Waals surface area contributed by atoms with E-state index >= 15 is 0 Å². The Balaban J connectivity index is 1.82. The van der Waals surface area contributed by atoms with Crippen LogP contribution in [0.4, 0.5) is 4.79 Å². The average Bonchev–Trinajstić information content (AvgIpc) is 3.09. The van der Waals surface area contributed by atoms with E-state index in [2.05, 4.69) is 31.5 Å². The number of likely N-dealkylation sites (tertiary alicyclic amines) is 1. The highest BCUT2D eigenvalue weighted by molar-refractivity contribution is 5.80. The van der Waals surface area contributed by atoms with Crippen LogP contribution in [0.3, 0.4) is 0 Å². The number of likely N-dealkylation sites (N-methyl/N-ethyl adjacent to an activating group) is 1. The number of nitrogens with zero attached hydrogens (tertiary/aromatic N) is 3. The normalized spacial score (nSPS) is 17.2. The fourth-order valence-corrected chi connectivity index (χ4v) is 3.15. The number of hydrogen-bond acceptors (Lipinski definition) is 5. The molecule has 0 bridgehead atoms. The number of carbonyl (C=O) groups is 1. The highest BCUT2D eigenvalue weighted by Crippen LogP contribution is 2.15. The van der Waals surface area contributed by atoms with Crippen LogP contribution in [0.15, 0.2) is 29.3 Å². The monoisotopic (exact) mass is 419 g/mol. The van der Waals surface area contributed by atoms with E-state index in [0.29, 0.717) is 19.7 Å². The summed E-state index contributed by atoms with van der Waals surface area (Å²) in [6, 6.07) is 8.14. The third kappa shape index (κ3) is 8.49. The molecule has 2 N–H and O–H groups in total. The zero-order valence-corrected chi connectivity index (χ0v) is 19.2. The molecule has 168 valence electrons. The Morgan fingerprint density at radius 2 is 2.10 bits per heavy atom. The molecule has 0 saturated carbocycles. The first kappa shape index (κ1) is 23.8. The van der Waals surface area contributed by atoms with Crippen molar-refractivity contribution < 1.29 is 14.3 Å². The minimum atomic E-state index is -0.495. The molecule has 8 heteroatoms. The summed E-state index contributed by atoms with van der Waals surface area (Å²) in [4.78, 5) is 20.6. The smallest absolute Gasteiger partial charge is 0.407 e. The summed E-state index contributed by atoms with van der Waals surface area (Å²) in [5.41, 5.74) is 0.631. The third-order valence-electron chi connectivity index (χ3n) is 4.58. The van der Waals surface area contributed by atoms with Gasteiger partial charge in [0.25, 0.3) is 0 Å². The quantitative estimate of drug-likeness (QED) is 0.522. The number of carbonyl (C=O) groups excluding carboxylic acids is 1. The van der Waals surface area contributed by atoms with Gasteiger partial charge in [-0.2, -0.15) is 0 Å². The number of alkyl carbamates (subject to hydrolysis) is 1. The zero-order valence-electron chi connectivity index (χ0n) is 19.2. The van der Waals surface area contributed by atoms with Crippen LogP contribution in [-0.2, 0) is 11.3 Å². The lowest BCUT2D eigenvalue weighted by atomic mass is 10.2. The number of nitrogens with one attached hydrogen (secondary N) is 2. The molecular formula is C22H37N5O3. The van der Waals surface area contributed by atoms with Crippen LogP contribution in [0.25, 0.3) is 0 Å². The highest BCUT2D eigenvalue weighted by atomic mass is 16.6. The third-order valence-corrected chi connectivity index (χ3v) is 4.58. The van der Waals surface area contributed by atoms with Crippen molar-refractivity contribution in [2.75, 3.05) is 47.4 Å². The first-order valence-corrected chi connectivity index (χ1v) is 10.5. The van der Waals surface area contributed by atoms with Gasteiger partial charge in [0.15, 0.2) is 5.96 Å². The van der Waals surface area contributed by atoms with Crippen molar-refractivity contribution in [3.63, 3.8) is 0 Å². The van der Waals surface area contributed by atoms with Gasteiger partial charge in [0.2, 0.25) is 0 Å². The lowest BCUT2D eigenvalue weighted by Gasteiger charge is -2.23. The maximum Gasteiger partial charge on any atom is 0.407 e. The summed E-state index contributed by atoms with van der Waals surface area (Å²) in [7, 11) is 5.83. The molecule has 0 aliphatic carbocycles. The number of aliphatic imine (C=N–C) groups is 1. The van der Waals surface area contributed by atoms with Crippen LogP contribution < -0.4 is 15.4 Å². The molecule has 2 rings (SSSR count). The topological polar surface area (TPSA) is 78.4 Å². The Bertz CT molecular complexity index is 715. The summed E-state index contributed by atoms with van der Waals surface area (Å²) in [5, 5.41) is 6.36. The van der Waals surface area contributed by atoms with Gasteiger partial charge in [-0.3, -0.25) is 4.99 Å². The molecule has 1 fully saturated rings. The number of ether oxygens (including phenoxy) is 2. The molecule has 1 heterocycles. The molecule has 0 radical (unpaired) electrons. The van der Waals surface area contributed by atoms with E-state index in [4.69, 9.17) is 9.47 Å². The van der Waals surface area contributed by atoms with E-state index in [1.807, 2.05) is 53.1 Å². The first-order chi connectivity index (χ1) is 14.2. The van der Waals surface area contributed by atoms with Crippen LogP contribution in [-0.4, -0.2) is 80.9 Å². The number of benzene rings is 1. The van der Waals surface area contributed by atoms with E-state index in [-0.39, 0.29) is 12.1 Å². The first-order valence-electron chi connectivity index (χ1n) is 10.5. The SMILES string of the molecule is CN=C(NCc1cccc(OCCN(C)C)c1)N1CCC(NC(=O)OC(C)(C)C)C1. The number of rotatable bonds is 7.